The van der Waals surface area contributed by atoms with Crippen LogP contribution in [0.1, 0.15) is 18.4 Å². The Hall–Kier alpha value is -2.74. The molecule has 29 heavy (non-hydrogen) atoms. The maximum Gasteiger partial charge on any atom is 0.264 e. The average molecular weight is 419 g/mol. The molecule has 8 heteroatoms. The molecule has 0 bridgehead atoms. The normalized spacial score (nSPS) is 14.0. The Labute approximate surface area is 171 Å². The summed E-state index contributed by atoms with van der Waals surface area (Å²) < 4.78 is 38.8. The van der Waals surface area contributed by atoms with E-state index in [0.29, 0.717) is 24.6 Å². The van der Waals surface area contributed by atoms with Crippen LogP contribution in [0.3, 0.4) is 0 Å². The Kier molecular flexibility index (Phi) is 6.32. The number of hydrogen-bond donors (Lipinski definition) is 0. The van der Waals surface area contributed by atoms with Gasteiger partial charge in [-0.05, 0) is 44.0 Å². The monoisotopic (exact) mass is 418 g/mol. The van der Waals surface area contributed by atoms with Gasteiger partial charge in [-0.1, -0.05) is 17.7 Å². The van der Waals surface area contributed by atoms with E-state index in [1.54, 1.807) is 47.4 Å². The topological polar surface area (TPSA) is 76.2 Å². The predicted octanol–water partition coefficient (Wildman–Crippen LogP) is 2.83. The van der Waals surface area contributed by atoms with Crippen molar-refractivity contribution in [2.24, 2.45) is 0 Å². The molecule has 2 aromatic carbocycles. The number of nitrogens with zero attached hydrogens (tertiary/aromatic N) is 2. The fraction of sp³-hybridized carbons (Fsp3) is 0.381. The number of ether oxygens (including phenoxy) is 2. The second-order valence-electron chi connectivity index (χ2n) is 6.95. The summed E-state index contributed by atoms with van der Waals surface area (Å²) in [5.41, 5.74) is 1.21. The van der Waals surface area contributed by atoms with Gasteiger partial charge in [0.15, 0.2) is 0 Å². The summed E-state index contributed by atoms with van der Waals surface area (Å²) in [5, 5.41) is 0. The first kappa shape index (κ1) is 21.0. The molecule has 1 heterocycles. The Morgan fingerprint density at radius 2 is 1.69 bits per heavy atom. The van der Waals surface area contributed by atoms with Gasteiger partial charge in [0.05, 0.1) is 24.8 Å². The summed E-state index contributed by atoms with van der Waals surface area (Å²) in [6.45, 7) is 2.87. The highest BCUT2D eigenvalue weighted by Gasteiger charge is 2.32. The van der Waals surface area contributed by atoms with Crippen LogP contribution in [0.2, 0.25) is 0 Å². The molecule has 1 aliphatic heterocycles. The average Bonchev–Trinajstić information content (AvgIpc) is 3.26. The maximum atomic E-state index is 13.5. The summed E-state index contributed by atoms with van der Waals surface area (Å²) in [6, 6.07) is 11.4. The zero-order valence-corrected chi connectivity index (χ0v) is 17.7. The molecule has 0 aromatic heterocycles. The number of aryl methyl sites for hydroxylation is 1. The number of methoxy groups -OCH3 is 2. The zero-order valence-electron chi connectivity index (χ0n) is 16.9. The lowest BCUT2D eigenvalue weighted by molar-refractivity contribution is -0.128. The van der Waals surface area contributed by atoms with Gasteiger partial charge in [0.1, 0.15) is 18.0 Å². The highest BCUT2D eigenvalue weighted by molar-refractivity contribution is 7.92. The van der Waals surface area contributed by atoms with E-state index < -0.39 is 10.0 Å². The summed E-state index contributed by atoms with van der Waals surface area (Å²) in [6.07, 6.45) is 1.86. The van der Waals surface area contributed by atoms with E-state index in [2.05, 4.69) is 0 Å². The second-order valence-corrected chi connectivity index (χ2v) is 8.81. The highest BCUT2D eigenvalue weighted by Crippen LogP contribution is 2.35. The standard InChI is InChI=1S/C21H26N2O5S/c1-16-6-9-18(10-7-16)29(25,26)23(15-21(24)22-12-4-5-13-22)19-14-17(27-2)8-11-20(19)28-3/h6-11,14H,4-5,12-13,15H2,1-3H3. The predicted molar refractivity (Wildman–Crippen MR) is 111 cm³/mol. The van der Waals surface area contributed by atoms with Gasteiger partial charge < -0.3 is 14.4 Å². The molecule has 3 rings (SSSR count). The van der Waals surface area contributed by atoms with Gasteiger partial charge in [-0.25, -0.2) is 8.42 Å². The van der Waals surface area contributed by atoms with Gasteiger partial charge in [-0.3, -0.25) is 9.10 Å². The Morgan fingerprint density at radius 1 is 1.03 bits per heavy atom. The molecule has 0 saturated carbocycles. The lowest BCUT2D eigenvalue weighted by Gasteiger charge is -2.28. The molecule has 0 N–H and O–H groups in total. The first-order valence-electron chi connectivity index (χ1n) is 9.46. The number of carbonyl (C=O) groups excluding carboxylic acids is 1. The maximum absolute atomic E-state index is 13.5. The van der Waals surface area contributed by atoms with Crippen molar-refractivity contribution in [2.45, 2.75) is 24.7 Å². The number of sulfonamides is 1. The van der Waals surface area contributed by atoms with E-state index in [1.165, 1.54) is 14.2 Å². The lowest BCUT2D eigenvalue weighted by atomic mass is 10.2. The van der Waals surface area contributed by atoms with Crippen LogP contribution in [-0.4, -0.2) is 53.1 Å². The van der Waals surface area contributed by atoms with E-state index >= 15 is 0 Å². The Morgan fingerprint density at radius 3 is 2.28 bits per heavy atom. The van der Waals surface area contributed by atoms with Gasteiger partial charge in [0, 0.05) is 19.2 Å². The smallest absolute Gasteiger partial charge is 0.264 e. The number of likely N-dealkylation sites (tertiary alicyclic amines) is 1. The van der Waals surface area contributed by atoms with Gasteiger partial charge in [0.2, 0.25) is 5.91 Å². The molecule has 1 saturated heterocycles. The Balaban J connectivity index is 2.08. The molecule has 156 valence electrons. The minimum atomic E-state index is -4.00. The van der Waals surface area contributed by atoms with E-state index in [4.69, 9.17) is 9.47 Å². The van der Waals surface area contributed by atoms with Crippen molar-refractivity contribution < 1.29 is 22.7 Å². The quantitative estimate of drug-likeness (QED) is 0.691. The highest BCUT2D eigenvalue weighted by atomic mass is 32.2. The van der Waals surface area contributed by atoms with Crippen molar-refractivity contribution in [3.8, 4) is 11.5 Å². The van der Waals surface area contributed by atoms with Crippen molar-refractivity contribution in [3.05, 3.63) is 48.0 Å². The summed E-state index contributed by atoms with van der Waals surface area (Å²) in [4.78, 5) is 14.7. The number of carbonyl (C=O) groups is 1. The zero-order chi connectivity index (χ0) is 21.0. The number of rotatable bonds is 7. The van der Waals surface area contributed by atoms with Crippen molar-refractivity contribution >= 4 is 21.6 Å². The fourth-order valence-electron chi connectivity index (χ4n) is 3.32. The molecule has 7 nitrogen and oxygen atoms in total. The third kappa shape index (κ3) is 4.48. The van der Waals surface area contributed by atoms with Crippen LogP contribution in [0.15, 0.2) is 47.4 Å². The van der Waals surface area contributed by atoms with Crippen LogP contribution < -0.4 is 13.8 Å². The van der Waals surface area contributed by atoms with E-state index in [-0.39, 0.29) is 23.0 Å². The molecule has 0 spiro atoms. The molecule has 2 aromatic rings. The van der Waals surface area contributed by atoms with Crippen molar-refractivity contribution in [2.75, 3.05) is 38.2 Å². The van der Waals surface area contributed by atoms with Crippen LogP contribution in [0, 0.1) is 6.92 Å². The van der Waals surface area contributed by atoms with Crippen LogP contribution in [0.25, 0.3) is 0 Å². The van der Waals surface area contributed by atoms with Gasteiger partial charge in [0.25, 0.3) is 10.0 Å². The third-order valence-electron chi connectivity index (χ3n) is 5.00. The summed E-state index contributed by atoms with van der Waals surface area (Å²) in [7, 11) is -1.04. The first-order valence-corrected chi connectivity index (χ1v) is 10.9. The number of benzene rings is 2. The molecule has 1 aliphatic rings. The largest absolute Gasteiger partial charge is 0.497 e. The number of anilines is 1. The van der Waals surface area contributed by atoms with Crippen molar-refractivity contribution in [1.82, 2.24) is 4.90 Å². The van der Waals surface area contributed by atoms with Gasteiger partial charge in [-0.15, -0.1) is 0 Å². The number of amides is 1. The van der Waals surface area contributed by atoms with Crippen molar-refractivity contribution in [1.29, 1.82) is 0 Å². The minimum absolute atomic E-state index is 0.113. The lowest BCUT2D eigenvalue weighted by Crippen LogP contribution is -2.42. The fourth-order valence-corrected chi connectivity index (χ4v) is 4.73. The van der Waals surface area contributed by atoms with Gasteiger partial charge >= 0.3 is 0 Å². The molecule has 0 aliphatic carbocycles. The van der Waals surface area contributed by atoms with E-state index in [9.17, 15) is 13.2 Å². The molecule has 0 unspecified atom stereocenters. The first-order chi connectivity index (χ1) is 13.9. The minimum Gasteiger partial charge on any atom is -0.497 e. The molecular formula is C21H26N2O5S. The molecule has 1 fully saturated rings. The molecule has 0 radical (unpaired) electrons. The molecule has 1 amide bonds. The summed E-state index contributed by atoms with van der Waals surface area (Å²) in [5.74, 6) is 0.581. The van der Waals surface area contributed by atoms with Crippen LogP contribution in [0.5, 0.6) is 11.5 Å². The second kappa shape index (κ2) is 8.73. The Bertz CT molecular complexity index is 967. The summed E-state index contributed by atoms with van der Waals surface area (Å²) >= 11 is 0. The molecule has 0 atom stereocenters. The van der Waals surface area contributed by atoms with Crippen molar-refractivity contribution in [3.63, 3.8) is 0 Å². The van der Waals surface area contributed by atoms with E-state index in [1.807, 2.05) is 6.92 Å². The van der Waals surface area contributed by atoms with E-state index in [0.717, 1.165) is 22.7 Å². The van der Waals surface area contributed by atoms with Gasteiger partial charge in [-0.2, -0.15) is 0 Å². The number of hydrogen-bond acceptors (Lipinski definition) is 5. The molecular weight excluding hydrogens is 392 g/mol. The SMILES string of the molecule is COc1ccc(OC)c(N(CC(=O)N2CCCC2)S(=O)(=O)c2ccc(C)cc2)c1. The van der Waals surface area contributed by atoms with Crippen LogP contribution >= 0.6 is 0 Å². The third-order valence-corrected chi connectivity index (χ3v) is 6.78. The van der Waals surface area contributed by atoms with Crippen LogP contribution in [-0.2, 0) is 14.8 Å². The van der Waals surface area contributed by atoms with Crippen LogP contribution in [0.4, 0.5) is 5.69 Å².